The first-order chi connectivity index (χ1) is 28.4. The van der Waals surface area contributed by atoms with Crippen molar-refractivity contribution in [2.75, 3.05) is 26.2 Å². The number of primary amides is 2. The van der Waals surface area contributed by atoms with Crippen LogP contribution >= 0.6 is 0 Å². The van der Waals surface area contributed by atoms with Gasteiger partial charge < -0.3 is 64.1 Å². The summed E-state index contributed by atoms with van der Waals surface area (Å²) in [6.07, 6.45) is 1.75. The molecule has 0 unspecified atom stereocenters. The molecule has 1 aliphatic rings. The first kappa shape index (κ1) is 47.8. The molecule has 1 saturated heterocycles. The predicted octanol–water partition coefficient (Wildman–Crippen LogP) is -3.51. The minimum Gasteiger partial charge on any atom is -0.480 e. The van der Waals surface area contributed by atoms with Crippen LogP contribution in [-0.4, -0.2) is 131 Å². The molecular weight excluding hydrogens is 786 g/mol. The van der Waals surface area contributed by atoms with Gasteiger partial charge in [-0.05, 0) is 43.2 Å². The number of carboxylic acids is 1. The first-order valence-electron chi connectivity index (χ1n) is 19.5. The van der Waals surface area contributed by atoms with Gasteiger partial charge in [0.2, 0.25) is 53.2 Å². The zero-order valence-corrected chi connectivity index (χ0v) is 33.5. The molecule has 0 saturated carbocycles. The van der Waals surface area contributed by atoms with Crippen LogP contribution < -0.4 is 49.1 Å². The summed E-state index contributed by atoms with van der Waals surface area (Å²) in [7, 11) is 0. The summed E-state index contributed by atoms with van der Waals surface area (Å²) < 4.78 is 0. The second-order valence-electron chi connectivity index (χ2n) is 14.5. The Morgan fingerprint density at radius 3 is 2.02 bits per heavy atom. The molecule has 1 aliphatic heterocycles. The smallest absolute Gasteiger partial charge is 0.326 e. The number of benzene rings is 1. The van der Waals surface area contributed by atoms with E-state index in [1.807, 2.05) is 6.07 Å². The lowest BCUT2D eigenvalue weighted by Crippen LogP contribution is -2.58. The van der Waals surface area contributed by atoms with E-state index in [-0.39, 0.29) is 38.6 Å². The van der Waals surface area contributed by atoms with Crippen molar-refractivity contribution in [2.45, 2.75) is 95.4 Å². The highest BCUT2D eigenvalue weighted by Crippen LogP contribution is 2.20. The number of nitrogens with two attached hydrogens (primary N) is 3. The Balaban J connectivity index is 1.73. The second kappa shape index (κ2) is 23.1. The molecule has 6 atom stereocenters. The van der Waals surface area contributed by atoms with Gasteiger partial charge in [0.1, 0.15) is 30.2 Å². The SMILES string of the molecule is CC[C@H](C)[C@H](NC(=O)CNC(=O)[C@H](CCC(N)=O)NC(=O)[C@@H]1CCCN1C(=O)CN)C(=O)N[C@@H](Cc1c[nH]c2ccccc12)C(=O)NCC(=O)N[C@@H](CCC(N)=O)C(=O)O. The molecule has 60 heavy (non-hydrogen) atoms. The number of nitrogens with one attached hydrogen (secondary N) is 7. The van der Waals surface area contributed by atoms with E-state index in [2.05, 4.69) is 36.9 Å². The van der Waals surface area contributed by atoms with Crippen molar-refractivity contribution >= 4 is 70.0 Å². The van der Waals surface area contributed by atoms with Gasteiger partial charge in [0, 0.05) is 42.9 Å². The summed E-state index contributed by atoms with van der Waals surface area (Å²) in [5.74, 6) is -8.63. The van der Waals surface area contributed by atoms with Crippen LogP contribution in [0.4, 0.5) is 0 Å². The molecular formula is C38H55N11O11. The van der Waals surface area contributed by atoms with Crippen molar-refractivity contribution in [3.63, 3.8) is 0 Å². The molecule has 0 aliphatic carbocycles. The largest absolute Gasteiger partial charge is 0.480 e. The highest BCUT2D eigenvalue weighted by Gasteiger charge is 2.36. The Hall–Kier alpha value is -6.58. The molecule has 3 rings (SSSR count). The van der Waals surface area contributed by atoms with Gasteiger partial charge in [0.15, 0.2) is 0 Å². The molecule has 328 valence electrons. The van der Waals surface area contributed by atoms with Gasteiger partial charge in [0.25, 0.3) is 0 Å². The lowest BCUT2D eigenvalue weighted by molar-refractivity contribution is -0.142. The maximum absolute atomic E-state index is 13.9. The fraction of sp³-hybridized carbons (Fsp3) is 0.526. The molecule has 0 spiro atoms. The Bertz CT molecular complexity index is 1920. The average Bonchev–Trinajstić information content (AvgIpc) is 3.88. The molecule has 22 heteroatoms. The molecule has 1 fully saturated rings. The van der Waals surface area contributed by atoms with Crippen LogP contribution in [0.2, 0.25) is 0 Å². The number of amides is 9. The number of hydrogen-bond donors (Lipinski definition) is 11. The minimum absolute atomic E-state index is 0.0752. The van der Waals surface area contributed by atoms with E-state index >= 15 is 0 Å². The molecule has 2 aromatic rings. The Morgan fingerprint density at radius 2 is 1.42 bits per heavy atom. The van der Waals surface area contributed by atoms with Crippen molar-refractivity contribution in [2.24, 2.45) is 23.1 Å². The molecule has 1 aromatic carbocycles. The van der Waals surface area contributed by atoms with Crippen molar-refractivity contribution in [1.82, 2.24) is 41.8 Å². The fourth-order valence-electron chi connectivity index (χ4n) is 6.57. The molecule has 9 amide bonds. The molecule has 2 heterocycles. The molecule has 0 bridgehead atoms. The van der Waals surface area contributed by atoms with E-state index in [1.54, 1.807) is 38.2 Å². The summed E-state index contributed by atoms with van der Waals surface area (Å²) in [6.45, 7) is 2.09. The normalized spacial score (nSPS) is 16.0. The van der Waals surface area contributed by atoms with Crippen molar-refractivity contribution in [3.05, 3.63) is 36.0 Å². The van der Waals surface area contributed by atoms with E-state index in [1.165, 1.54) is 4.90 Å². The van der Waals surface area contributed by atoms with Crippen molar-refractivity contribution in [3.8, 4) is 0 Å². The fourth-order valence-corrected chi connectivity index (χ4v) is 6.57. The number of fused-ring (bicyclic) bond motifs is 1. The Morgan fingerprint density at radius 1 is 0.817 bits per heavy atom. The van der Waals surface area contributed by atoms with E-state index in [9.17, 15) is 53.1 Å². The molecule has 1 aromatic heterocycles. The van der Waals surface area contributed by atoms with Crippen LogP contribution in [-0.2, 0) is 54.4 Å². The number of aliphatic carboxylic acids is 1. The Labute approximate surface area is 345 Å². The van der Waals surface area contributed by atoms with Crippen LogP contribution in [0, 0.1) is 5.92 Å². The van der Waals surface area contributed by atoms with Crippen LogP contribution in [0.25, 0.3) is 10.9 Å². The van der Waals surface area contributed by atoms with Crippen LogP contribution in [0.1, 0.15) is 64.4 Å². The highest BCUT2D eigenvalue weighted by atomic mass is 16.4. The maximum Gasteiger partial charge on any atom is 0.326 e. The summed E-state index contributed by atoms with van der Waals surface area (Å²) >= 11 is 0. The average molecular weight is 842 g/mol. The lowest BCUT2D eigenvalue weighted by Gasteiger charge is -2.27. The lowest BCUT2D eigenvalue weighted by atomic mass is 9.97. The summed E-state index contributed by atoms with van der Waals surface area (Å²) in [5, 5.41) is 25.0. The minimum atomic E-state index is -1.45. The standard InChI is InChI=1S/C38H55N11O11/c1-3-20(2)33(48-31(53)19-43-34(55)24(10-12-28(40)50)46-36(57)27-9-6-14-49(27)32(54)16-39)37(58)47-26(15-21-17-42-23-8-5-4-7-22(21)23)35(56)44-18-30(52)45-25(38(59)60)11-13-29(41)51/h4-5,7-8,17,20,24-27,33,42H,3,6,9-16,18-19,39H2,1-2H3,(H2,40,50)(H2,41,51)(H,43,55)(H,44,56)(H,45,52)(H,46,57)(H,47,58)(H,48,53)(H,59,60)/t20-,24-,25-,26-,27-,33-/m0/s1. The zero-order chi connectivity index (χ0) is 44.5. The Kier molecular flexibility index (Phi) is 18.4. The van der Waals surface area contributed by atoms with Crippen LogP contribution in [0.3, 0.4) is 0 Å². The summed E-state index contributed by atoms with van der Waals surface area (Å²) in [4.78, 5) is 131. The third-order valence-electron chi connectivity index (χ3n) is 10.1. The second-order valence-corrected chi connectivity index (χ2v) is 14.5. The van der Waals surface area contributed by atoms with Gasteiger partial charge in [-0.25, -0.2) is 4.79 Å². The van der Waals surface area contributed by atoms with Crippen molar-refractivity contribution in [1.29, 1.82) is 0 Å². The number of H-pyrrole nitrogens is 1. The third kappa shape index (κ3) is 14.4. The monoisotopic (exact) mass is 841 g/mol. The number of nitrogens with zero attached hydrogens (tertiary/aromatic N) is 1. The maximum atomic E-state index is 13.9. The number of aromatic amines is 1. The molecule has 0 radical (unpaired) electrons. The van der Waals surface area contributed by atoms with Gasteiger partial charge in [-0.15, -0.1) is 0 Å². The number of carboxylic acid groups (broad SMARTS) is 1. The van der Waals surface area contributed by atoms with Gasteiger partial charge in [-0.3, -0.25) is 43.2 Å². The van der Waals surface area contributed by atoms with Gasteiger partial charge in [-0.1, -0.05) is 38.5 Å². The number of aromatic nitrogens is 1. The van der Waals surface area contributed by atoms with Crippen LogP contribution in [0.15, 0.2) is 30.5 Å². The summed E-state index contributed by atoms with van der Waals surface area (Å²) in [6, 6.07) is 0.999. The van der Waals surface area contributed by atoms with Crippen LogP contribution in [0.5, 0.6) is 0 Å². The van der Waals surface area contributed by atoms with Crippen molar-refractivity contribution < 1.29 is 53.1 Å². The number of hydrogen-bond acceptors (Lipinski definition) is 11. The predicted molar refractivity (Wildman–Crippen MR) is 213 cm³/mol. The van der Waals surface area contributed by atoms with E-state index in [4.69, 9.17) is 17.2 Å². The highest BCUT2D eigenvalue weighted by molar-refractivity contribution is 5.97. The number of rotatable bonds is 24. The first-order valence-corrected chi connectivity index (χ1v) is 19.5. The number of para-hydroxylation sites is 1. The van der Waals surface area contributed by atoms with E-state index in [0.717, 1.165) is 10.9 Å². The number of carbonyl (C=O) groups excluding carboxylic acids is 9. The topological polar surface area (TPSA) is 360 Å². The van der Waals surface area contributed by atoms with Gasteiger partial charge >= 0.3 is 5.97 Å². The van der Waals surface area contributed by atoms with Gasteiger partial charge in [0.05, 0.1) is 19.6 Å². The number of likely N-dealkylation sites (tertiary alicyclic amines) is 1. The quantitative estimate of drug-likeness (QED) is 0.0491. The van der Waals surface area contributed by atoms with Gasteiger partial charge in [-0.2, -0.15) is 0 Å². The molecule has 14 N–H and O–H groups in total. The van der Waals surface area contributed by atoms with E-state index in [0.29, 0.717) is 31.4 Å². The third-order valence-corrected chi connectivity index (χ3v) is 10.1. The summed E-state index contributed by atoms with van der Waals surface area (Å²) in [5.41, 5.74) is 17.2. The zero-order valence-electron chi connectivity index (χ0n) is 33.5. The molecule has 22 nitrogen and oxygen atoms in total. The van der Waals surface area contributed by atoms with E-state index < -0.39 is 108 Å². The number of carbonyl (C=O) groups is 10.